The normalized spacial score (nSPS) is 14.5. The van der Waals surface area contributed by atoms with Gasteiger partial charge in [-0.15, -0.1) is 12.4 Å². The van der Waals surface area contributed by atoms with E-state index < -0.39 is 30.5 Å². The fraction of sp³-hybridized carbons (Fsp3) is 0.339. The molecule has 576 valence electrons. The first kappa shape index (κ1) is 92.6. The molecule has 107 heavy (non-hydrogen) atoms. The number of aliphatic carboxylic acids is 1. The molecule has 0 aliphatic carbocycles. The minimum Gasteiger partial charge on any atom is -0.481 e. The highest BCUT2D eigenvalue weighted by atomic mass is 36.0. The van der Waals surface area contributed by atoms with Gasteiger partial charge in [0, 0.05) is 119 Å². The summed E-state index contributed by atoms with van der Waals surface area (Å²) in [5.41, 5.74) is 5.77. The monoisotopic (exact) mass is 1620 g/mol. The SMILES string of the molecule is CC(=O)O.CCOC(=O)c1ncc[nH]1.CCOC(=O)c1nccn1N.CN[C@H]1CN(C(=O)CC#N)CC[C@H]1C.C[C@@H]1CCN(C(=O)CC#N)C[C@@H]1N(C)c1ncnn2ccnc12.Cl.Clc1ncnn2ccnc12.N=CN.NOP(=O)(c1ccccc1)c1ccccc1.O=P(Cl)(Cl)Cl.O=c1[nH]cnn2ccnc12. The van der Waals surface area contributed by atoms with Crippen molar-refractivity contribution in [2.24, 2.45) is 23.5 Å². The van der Waals surface area contributed by atoms with Crippen molar-refractivity contribution in [1.82, 2.24) is 93.5 Å². The Bertz CT molecular complexity index is 4510. The van der Waals surface area contributed by atoms with Gasteiger partial charge in [0.05, 0.1) is 37.7 Å². The Labute approximate surface area is 638 Å². The number of imidazole rings is 5. The Morgan fingerprint density at radius 3 is 1.65 bits per heavy atom. The van der Waals surface area contributed by atoms with Gasteiger partial charge in [-0.2, -0.15) is 25.8 Å². The smallest absolute Gasteiger partial charge is 0.376 e. The van der Waals surface area contributed by atoms with E-state index in [1.807, 2.05) is 62.6 Å². The summed E-state index contributed by atoms with van der Waals surface area (Å²) >= 11 is 19.5. The average molecular weight is 1620 g/mol. The van der Waals surface area contributed by atoms with Gasteiger partial charge < -0.3 is 56.1 Å². The van der Waals surface area contributed by atoms with E-state index in [1.54, 1.807) is 94.1 Å². The molecule has 45 heteroatoms. The second-order valence-electron chi connectivity index (χ2n) is 21.2. The molecule has 2 aliphatic heterocycles. The number of piperidine rings is 2. The topological polar surface area (TPSA) is 534 Å². The zero-order valence-electron chi connectivity index (χ0n) is 58.7. The number of benzene rings is 2. The number of fused-ring (bicyclic) bond motifs is 3. The summed E-state index contributed by atoms with van der Waals surface area (Å²) in [5.74, 6) is 10.8. The highest BCUT2D eigenvalue weighted by Crippen LogP contribution is 2.61. The number of aromatic amines is 2. The van der Waals surface area contributed by atoms with Crippen LogP contribution in [0.5, 0.6) is 0 Å². The zero-order chi connectivity index (χ0) is 78.8. The third-order valence-electron chi connectivity index (χ3n) is 14.2. The Balaban J connectivity index is 0.000000420. The third kappa shape index (κ3) is 32.0. The van der Waals surface area contributed by atoms with Crippen molar-refractivity contribution in [3.63, 3.8) is 0 Å². The van der Waals surface area contributed by atoms with Crippen molar-refractivity contribution in [3.8, 4) is 12.1 Å². The number of nitrogens with zero attached hydrogens (tertiary/aromatic N) is 19. The lowest BCUT2D eigenvalue weighted by atomic mass is 9.92. The van der Waals surface area contributed by atoms with Gasteiger partial charge in [0.2, 0.25) is 29.1 Å². The van der Waals surface area contributed by atoms with Crippen LogP contribution in [0.15, 0.2) is 146 Å². The molecular weight excluding hydrogens is 1540 g/mol. The molecule has 4 atom stereocenters. The second kappa shape index (κ2) is 49.3. The fourth-order valence-corrected chi connectivity index (χ4v) is 11.1. The molecule has 11 N–H and O–H groups in total. The average Bonchev–Trinajstić information content (AvgIpc) is 1.75. The van der Waals surface area contributed by atoms with E-state index >= 15 is 0 Å². The lowest BCUT2D eigenvalue weighted by Crippen LogP contribution is -2.52. The summed E-state index contributed by atoms with van der Waals surface area (Å²) in [5, 5.41) is 43.8. The number of hydrogen-bond donors (Lipinski definition) is 8. The van der Waals surface area contributed by atoms with E-state index in [9.17, 15) is 33.1 Å². The number of hydrogen-bond acceptors (Lipinski definition) is 28. The van der Waals surface area contributed by atoms with E-state index in [0.717, 1.165) is 49.7 Å². The number of nitrogen functional groups attached to an aromatic ring is 1. The van der Waals surface area contributed by atoms with E-state index in [1.165, 1.54) is 48.3 Å². The van der Waals surface area contributed by atoms with Crippen LogP contribution >= 0.6 is 70.3 Å². The number of halogens is 5. The number of carboxylic acids is 1. The van der Waals surface area contributed by atoms with Gasteiger partial charge in [-0.05, 0) is 104 Å². The lowest BCUT2D eigenvalue weighted by Gasteiger charge is -2.41. The molecule has 2 aliphatic rings. The first-order chi connectivity index (χ1) is 50.6. The van der Waals surface area contributed by atoms with Crippen molar-refractivity contribution < 1.29 is 52.3 Å². The summed E-state index contributed by atoms with van der Waals surface area (Å²) in [6.45, 7) is 12.4. The van der Waals surface area contributed by atoms with Gasteiger partial charge in [-0.1, -0.05) is 61.8 Å². The van der Waals surface area contributed by atoms with Gasteiger partial charge in [0.25, 0.3) is 18.9 Å². The molecule has 0 spiro atoms. The van der Waals surface area contributed by atoms with Crippen LogP contribution in [-0.2, 0) is 37.6 Å². The van der Waals surface area contributed by atoms with Crippen molar-refractivity contribution >= 4 is 140 Å². The number of H-pyrrole nitrogens is 2. The highest BCUT2D eigenvalue weighted by molar-refractivity contribution is 8.24. The summed E-state index contributed by atoms with van der Waals surface area (Å²) < 4.78 is 42.0. The number of esters is 2. The van der Waals surface area contributed by atoms with Crippen LogP contribution < -0.4 is 43.9 Å². The maximum Gasteiger partial charge on any atom is 0.376 e. The van der Waals surface area contributed by atoms with E-state index in [0.29, 0.717) is 76.9 Å². The first-order valence-electron chi connectivity index (χ1n) is 31.4. The Morgan fingerprint density at radius 2 is 1.20 bits per heavy atom. The number of carbonyl (C=O) groups excluding carboxylic acids is 4. The van der Waals surface area contributed by atoms with E-state index in [-0.39, 0.29) is 60.3 Å². The number of rotatable bonds is 12. The molecule has 0 radical (unpaired) electrons. The predicted octanol–water partition coefficient (Wildman–Crippen LogP) is 6.30. The molecule has 2 fully saturated rings. The van der Waals surface area contributed by atoms with Crippen molar-refractivity contribution in [2.75, 3.05) is 64.2 Å². The molecule has 0 bridgehead atoms. The van der Waals surface area contributed by atoms with Crippen LogP contribution in [0.2, 0.25) is 5.15 Å². The van der Waals surface area contributed by atoms with Gasteiger partial charge in [-0.25, -0.2) is 73.2 Å². The highest BCUT2D eigenvalue weighted by Gasteiger charge is 2.33. The molecule has 8 aromatic heterocycles. The molecule has 0 saturated carbocycles. The number of likely N-dealkylation sites (tertiary alicyclic amines) is 2. The number of aromatic nitrogens is 16. The van der Waals surface area contributed by atoms with Gasteiger partial charge in [-0.3, -0.25) is 33.7 Å². The largest absolute Gasteiger partial charge is 0.481 e. The molecule has 2 aromatic carbocycles. The third-order valence-corrected chi connectivity index (χ3v) is 16.7. The maximum atomic E-state index is 12.6. The number of amides is 2. The minimum atomic E-state index is -3.22. The first-order valence-corrected chi connectivity index (χ1v) is 37.8. The standard InChI is InChI=1S/C15H19N7O.C12H12NO2P.C10H17N3O.C6H9N3O2.C6H8N2O2.C5H3ClN4.C5H4N4O.C2H4O2.CH4N2.Cl3OP.ClH/c1-11-4-7-21(13(23)3-5-16)9-12(11)20(2)14-15-17-6-8-22(15)19-10-18-14;13-15-16(14,11-7-3-1-4-8-11)12-9-5-2-6-10-12;1-8-4-6-13(7-9(8)12-2)10(14)3-5-11;1-2-11-6(10)5-8-3-4-9(5)7;1-2-10-6(9)5-7-3-4-8-5;6-4-5-7-1-2-10(5)9-3-8-4;10-5-4-6-1-2-9(4)8-3-7-5;1-2(3)4;2-1-3;1-5(2,3)4;/h6,8,10-12H,3-4,7,9H2,1-2H3;1-10H,13H2;8-9,12H,3-4,6-7H2,1-2H3;3-4H,2,7H2,1H3;3-4H,2H2,1H3,(H,7,8);1-3H;1-3H,(H,7,8,10);1H3,(H,3,4);1H,(H3,2,3);;1H/t11-,12+;;8-,9+;;;;;;;;/m1.1......../s1. The van der Waals surface area contributed by atoms with E-state index in [4.69, 9.17) is 53.8 Å². The van der Waals surface area contributed by atoms with Crippen LogP contribution in [0.1, 0.15) is 81.5 Å². The maximum absolute atomic E-state index is 12.6. The minimum absolute atomic E-state index is 0. The fourth-order valence-electron chi connectivity index (χ4n) is 9.22. The van der Waals surface area contributed by atoms with Crippen LogP contribution in [0, 0.1) is 39.9 Å². The lowest BCUT2D eigenvalue weighted by molar-refractivity contribution is -0.134. The van der Waals surface area contributed by atoms with Crippen molar-refractivity contribution in [1.29, 1.82) is 15.9 Å². The van der Waals surface area contributed by atoms with E-state index in [2.05, 4.69) is 133 Å². The summed E-state index contributed by atoms with van der Waals surface area (Å²) in [6.07, 6.45) is 22.8. The molecule has 2 saturated heterocycles. The molecule has 10 aromatic rings. The van der Waals surface area contributed by atoms with Gasteiger partial charge >= 0.3 is 17.1 Å². The molecule has 12 rings (SSSR count). The van der Waals surface area contributed by atoms with Crippen LogP contribution in [0.3, 0.4) is 0 Å². The van der Waals surface area contributed by atoms with Crippen molar-refractivity contribution in [3.05, 3.63) is 169 Å². The Kier molecular flexibility index (Phi) is 42.7. The number of nitriles is 2. The number of nitrogens with two attached hydrogens (primary N) is 3. The predicted molar refractivity (Wildman–Crippen MR) is 403 cm³/mol. The van der Waals surface area contributed by atoms with Gasteiger partial charge in [0.15, 0.2) is 22.3 Å². The molecule has 38 nitrogen and oxygen atoms in total. The number of ether oxygens (including phenoxy) is 2. The van der Waals surface area contributed by atoms with Crippen molar-refractivity contribution in [2.45, 2.75) is 72.4 Å². The van der Waals surface area contributed by atoms with Crippen LogP contribution in [0.25, 0.3) is 16.9 Å². The second-order valence-corrected chi connectivity index (χ2v) is 30.6. The van der Waals surface area contributed by atoms with Gasteiger partial charge in [0.1, 0.15) is 31.8 Å². The summed E-state index contributed by atoms with van der Waals surface area (Å²) in [4.78, 5) is 103. The molecule has 2 amide bonds. The molecule has 10 heterocycles. The summed E-state index contributed by atoms with van der Waals surface area (Å²) in [6, 6.07) is 22.3. The number of likely N-dealkylation sites (N-methyl/N-ethyl adjacent to an activating group) is 2. The number of carboxylic acid groups (broad SMARTS) is 1. The summed E-state index contributed by atoms with van der Waals surface area (Å²) in [7, 11) is 0.758. The number of anilines is 1. The molecular formula is C62H81Cl5N26O12P2. The Morgan fingerprint density at radius 1 is 0.729 bits per heavy atom. The van der Waals surface area contributed by atoms with Crippen LogP contribution in [0.4, 0.5) is 5.82 Å². The number of carbonyl (C=O) groups is 5. The van der Waals surface area contributed by atoms with Crippen LogP contribution in [-0.4, -0.2) is 195 Å². The zero-order valence-corrected chi connectivity index (χ0v) is 64.3. The quantitative estimate of drug-likeness (QED) is 0.0166. The number of nitrogens with one attached hydrogen (secondary N) is 4. The Hall–Kier alpha value is -10.5. The molecule has 0 unspecified atom stereocenters.